The van der Waals surface area contributed by atoms with E-state index >= 15 is 0 Å². The monoisotopic (exact) mass is 529 g/mol. The zero-order valence-corrected chi connectivity index (χ0v) is 20.4. The first-order valence-corrected chi connectivity index (χ1v) is 9.75. The fraction of sp³-hybridized carbons (Fsp3) is 0.476. The number of oxazole rings is 1. The standard InChI is InChI=1S/C21H31N5O3.HI/c1-5-23-20(26-13-19-25-12-17(29-19)21(2,3)4)24-11-10-15-6-8-16(9-7-15)28-14-18(22)27;/h6-9,12H,5,10-11,13-14H2,1-4H3,(H2,22,27)(H2,23,24,26);1H. The third-order valence-electron chi connectivity index (χ3n) is 4.02. The number of ether oxygens (including phenoxy) is 1. The van der Waals surface area contributed by atoms with E-state index in [-0.39, 0.29) is 36.0 Å². The summed E-state index contributed by atoms with van der Waals surface area (Å²) < 4.78 is 11.0. The van der Waals surface area contributed by atoms with Crippen LogP contribution in [-0.4, -0.2) is 36.5 Å². The summed E-state index contributed by atoms with van der Waals surface area (Å²) >= 11 is 0. The maximum absolute atomic E-state index is 10.7. The van der Waals surface area contributed by atoms with E-state index in [2.05, 4.69) is 41.4 Å². The first kappa shape index (κ1) is 25.7. The molecular formula is C21H32IN5O3. The fourth-order valence-electron chi connectivity index (χ4n) is 2.45. The van der Waals surface area contributed by atoms with Crippen molar-refractivity contribution < 1.29 is 13.9 Å². The number of carbonyl (C=O) groups is 1. The number of nitrogens with one attached hydrogen (secondary N) is 2. The molecule has 0 aliphatic carbocycles. The van der Waals surface area contributed by atoms with E-state index in [1.54, 1.807) is 6.20 Å². The van der Waals surface area contributed by atoms with E-state index in [0.717, 1.165) is 24.3 Å². The zero-order valence-electron chi connectivity index (χ0n) is 18.0. The normalized spacial score (nSPS) is 11.5. The molecule has 4 N–H and O–H groups in total. The number of halogens is 1. The van der Waals surface area contributed by atoms with Gasteiger partial charge in [0.05, 0.1) is 6.20 Å². The molecule has 0 unspecified atom stereocenters. The number of rotatable bonds is 9. The van der Waals surface area contributed by atoms with Crippen LogP contribution in [0.1, 0.15) is 44.9 Å². The van der Waals surface area contributed by atoms with Crippen LogP contribution in [0.3, 0.4) is 0 Å². The van der Waals surface area contributed by atoms with Gasteiger partial charge in [0.15, 0.2) is 12.6 Å². The largest absolute Gasteiger partial charge is 0.484 e. The number of aliphatic imine (C=N–C) groups is 1. The molecule has 0 aliphatic rings. The number of amides is 1. The predicted molar refractivity (Wildman–Crippen MR) is 128 cm³/mol. The second-order valence-corrected chi connectivity index (χ2v) is 7.64. The molecule has 1 aromatic heterocycles. The lowest BCUT2D eigenvalue weighted by Crippen LogP contribution is -2.38. The fourth-order valence-corrected chi connectivity index (χ4v) is 2.45. The maximum Gasteiger partial charge on any atom is 0.255 e. The Morgan fingerprint density at radius 3 is 2.50 bits per heavy atom. The topological polar surface area (TPSA) is 115 Å². The Morgan fingerprint density at radius 1 is 1.23 bits per heavy atom. The van der Waals surface area contributed by atoms with Crippen molar-refractivity contribution in [2.24, 2.45) is 10.7 Å². The van der Waals surface area contributed by atoms with Crippen LogP contribution in [0.25, 0.3) is 0 Å². The van der Waals surface area contributed by atoms with Gasteiger partial charge >= 0.3 is 0 Å². The van der Waals surface area contributed by atoms with Gasteiger partial charge in [0, 0.05) is 18.5 Å². The molecule has 1 aromatic carbocycles. The molecule has 2 rings (SSSR count). The Hall–Kier alpha value is -2.30. The van der Waals surface area contributed by atoms with Crippen LogP contribution >= 0.6 is 24.0 Å². The highest BCUT2D eigenvalue weighted by Crippen LogP contribution is 2.22. The van der Waals surface area contributed by atoms with Crippen molar-refractivity contribution in [3.05, 3.63) is 47.7 Å². The second kappa shape index (κ2) is 12.4. The third-order valence-corrected chi connectivity index (χ3v) is 4.02. The second-order valence-electron chi connectivity index (χ2n) is 7.64. The lowest BCUT2D eigenvalue weighted by atomic mass is 9.94. The van der Waals surface area contributed by atoms with Crippen molar-refractivity contribution >= 4 is 35.8 Å². The van der Waals surface area contributed by atoms with E-state index in [4.69, 9.17) is 14.9 Å². The number of carbonyl (C=O) groups excluding carboxylic acids is 1. The van der Waals surface area contributed by atoms with Crippen LogP contribution in [0.2, 0.25) is 0 Å². The molecule has 0 atom stereocenters. The molecular weight excluding hydrogens is 497 g/mol. The minimum atomic E-state index is -0.493. The lowest BCUT2D eigenvalue weighted by molar-refractivity contribution is -0.119. The van der Waals surface area contributed by atoms with E-state index in [1.807, 2.05) is 31.2 Å². The van der Waals surface area contributed by atoms with Crippen molar-refractivity contribution in [3.63, 3.8) is 0 Å². The number of aromatic nitrogens is 1. The third kappa shape index (κ3) is 9.02. The molecule has 9 heteroatoms. The van der Waals surface area contributed by atoms with Crippen molar-refractivity contribution in [2.75, 3.05) is 19.7 Å². The van der Waals surface area contributed by atoms with Gasteiger partial charge in [-0.05, 0) is 31.0 Å². The van der Waals surface area contributed by atoms with Gasteiger partial charge in [-0.15, -0.1) is 24.0 Å². The molecule has 1 amide bonds. The Morgan fingerprint density at radius 2 is 1.93 bits per heavy atom. The summed E-state index contributed by atoms with van der Waals surface area (Å²) in [5.41, 5.74) is 6.14. The summed E-state index contributed by atoms with van der Waals surface area (Å²) in [6.45, 7) is 10.0. The summed E-state index contributed by atoms with van der Waals surface area (Å²) in [5.74, 6) is 2.29. The van der Waals surface area contributed by atoms with Crippen molar-refractivity contribution in [2.45, 2.75) is 46.1 Å². The van der Waals surface area contributed by atoms with Crippen molar-refractivity contribution in [1.29, 1.82) is 0 Å². The number of hydrogen-bond donors (Lipinski definition) is 3. The average Bonchev–Trinajstić information content (AvgIpc) is 3.15. The molecule has 1 heterocycles. The first-order chi connectivity index (χ1) is 13.8. The number of guanidine groups is 1. The number of benzene rings is 1. The van der Waals surface area contributed by atoms with Crippen LogP contribution in [0, 0.1) is 0 Å². The highest BCUT2D eigenvalue weighted by molar-refractivity contribution is 14.0. The minimum Gasteiger partial charge on any atom is -0.484 e. The van der Waals surface area contributed by atoms with Gasteiger partial charge in [-0.25, -0.2) is 9.98 Å². The minimum absolute atomic E-state index is 0. The first-order valence-electron chi connectivity index (χ1n) is 9.75. The summed E-state index contributed by atoms with van der Waals surface area (Å²) in [6, 6.07) is 7.58. The van der Waals surface area contributed by atoms with Crippen LogP contribution in [0.15, 0.2) is 39.9 Å². The zero-order chi connectivity index (χ0) is 21.3. The van der Waals surface area contributed by atoms with Gasteiger partial charge < -0.3 is 25.5 Å². The van der Waals surface area contributed by atoms with Crippen molar-refractivity contribution in [1.82, 2.24) is 15.6 Å². The maximum atomic E-state index is 10.7. The summed E-state index contributed by atoms with van der Waals surface area (Å²) in [6.07, 6.45) is 2.58. The van der Waals surface area contributed by atoms with Gasteiger partial charge in [0.1, 0.15) is 18.1 Å². The highest BCUT2D eigenvalue weighted by Gasteiger charge is 2.19. The summed E-state index contributed by atoms with van der Waals surface area (Å²) in [4.78, 5) is 19.6. The molecule has 166 valence electrons. The molecule has 0 saturated carbocycles. The van der Waals surface area contributed by atoms with Crippen LogP contribution in [-0.2, 0) is 23.2 Å². The Balaban J connectivity index is 0.00000450. The Bertz CT molecular complexity index is 813. The smallest absolute Gasteiger partial charge is 0.255 e. The highest BCUT2D eigenvalue weighted by atomic mass is 127. The molecule has 0 bridgehead atoms. The van der Waals surface area contributed by atoms with Crippen LogP contribution in [0.4, 0.5) is 0 Å². The SMILES string of the molecule is CCNC(=NCc1ncc(C(C)(C)C)o1)NCCc1ccc(OCC(N)=O)cc1.I. The molecule has 0 spiro atoms. The Kier molecular flexibility index (Phi) is 10.6. The molecule has 0 radical (unpaired) electrons. The molecule has 30 heavy (non-hydrogen) atoms. The van der Waals surface area contributed by atoms with Gasteiger partial charge in [0.25, 0.3) is 5.91 Å². The molecule has 0 saturated heterocycles. The van der Waals surface area contributed by atoms with Gasteiger partial charge in [0.2, 0.25) is 5.89 Å². The average molecular weight is 529 g/mol. The van der Waals surface area contributed by atoms with Gasteiger partial charge in [-0.3, -0.25) is 4.79 Å². The van der Waals surface area contributed by atoms with Crippen LogP contribution < -0.4 is 21.1 Å². The predicted octanol–water partition coefficient (Wildman–Crippen LogP) is 2.75. The number of primary amides is 1. The Labute approximate surface area is 195 Å². The van der Waals surface area contributed by atoms with E-state index in [1.165, 1.54) is 0 Å². The molecule has 8 nitrogen and oxygen atoms in total. The summed E-state index contributed by atoms with van der Waals surface area (Å²) in [5, 5.41) is 6.53. The number of nitrogens with two attached hydrogens (primary N) is 1. The quantitative estimate of drug-likeness (QED) is 0.262. The van der Waals surface area contributed by atoms with E-state index in [9.17, 15) is 4.79 Å². The van der Waals surface area contributed by atoms with Crippen molar-refractivity contribution in [3.8, 4) is 5.75 Å². The number of hydrogen-bond acceptors (Lipinski definition) is 5. The molecule has 0 aliphatic heterocycles. The number of nitrogens with zero attached hydrogens (tertiary/aromatic N) is 2. The van der Waals surface area contributed by atoms with E-state index in [0.29, 0.717) is 30.7 Å². The lowest BCUT2D eigenvalue weighted by Gasteiger charge is -2.13. The van der Waals surface area contributed by atoms with Gasteiger partial charge in [-0.2, -0.15) is 0 Å². The summed E-state index contributed by atoms with van der Waals surface area (Å²) in [7, 11) is 0. The molecule has 2 aromatic rings. The van der Waals surface area contributed by atoms with E-state index < -0.39 is 5.91 Å². The van der Waals surface area contributed by atoms with Crippen LogP contribution in [0.5, 0.6) is 5.75 Å². The molecule has 0 fully saturated rings. The van der Waals surface area contributed by atoms with Gasteiger partial charge in [-0.1, -0.05) is 32.9 Å².